The molecular formula is C17H14BrFN2O2. The van der Waals surface area contributed by atoms with Crippen molar-refractivity contribution >= 4 is 27.9 Å². The van der Waals surface area contributed by atoms with E-state index >= 15 is 0 Å². The van der Waals surface area contributed by atoms with Gasteiger partial charge in [-0.15, -0.1) is 0 Å². The maximum Gasteiger partial charge on any atom is 0.325 e. The highest BCUT2D eigenvalue weighted by Crippen LogP contribution is 2.30. The molecule has 1 aliphatic heterocycles. The smallest absolute Gasteiger partial charge is 0.319 e. The number of benzene rings is 2. The molecule has 0 saturated carbocycles. The Balaban J connectivity index is 1.90. The van der Waals surface area contributed by atoms with Gasteiger partial charge in [0.15, 0.2) is 0 Å². The molecule has 0 spiro atoms. The van der Waals surface area contributed by atoms with E-state index in [1.54, 1.807) is 43.3 Å². The first-order chi connectivity index (χ1) is 10.9. The third kappa shape index (κ3) is 2.74. The second-order valence-corrected chi connectivity index (χ2v) is 6.46. The second-order valence-electron chi connectivity index (χ2n) is 5.55. The Morgan fingerprint density at radius 1 is 1.17 bits per heavy atom. The van der Waals surface area contributed by atoms with E-state index < -0.39 is 23.3 Å². The quantitative estimate of drug-likeness (QED) is 0.832. The Morgan fingerprint density at radius 2 is 1.87 bits per heavy atom. The van der Waals surface area contributed by atoms with Gasteiger partial charge in [0.2, 0.25) is 0 Å². The Hall–Kier alpha value is -2.21. The molecule has 2 aromatic rings. The lowest BCUT2D eigenvalue weighted by molar-refractivity contribution is -0.131. The second kappa shape index (κ2) is 5.77. The van der Waals surface area contributed by atoms with Gasteiger partial charge >= 0.3 is 6.03 Å². The standard InChI is InChI=1S/C17H14BrFN2O2/c1-17(12-5-3-2-4-6-12)15(22)21(16(23)20-17)10-11-7-8-13(18)9-14(11)19/h2-9H,10H2,1H3,(H,20,23)/t17-/m0/s1. The highest BCUT2D eigenvalue weighted by molar-refractivity contribution is 9.10. The molecule has 0 unspecified atom stereocenters. The fourth-order valence-electron chi connectivity index (χ4n) is 2.63. The van der Waals surface area contributed by atoms with Crippen molar-refractivity contribution in [3.63, 3.8) is 0 Å². The molecule has 3 amide bonds. The number of carbonyl (C=O) groups is 2. The van der Waals surface area contributed by atoms with Gasteiger partial charge in [0.1, 0.15) is 11.4 Å². The van der Waals surface area contributed by atoms with Crippen molar-refractivity contribution < 1.29 is 14.0 Å². The number of nitrogens with one attached hydrogen (secondary N) is 1. The van der Waals surface area contributed by atoms with Crippen LogP contribution in [0.25, 0.3) is 0 Å². The molecule has 118 valence electrons. The van der Waals surface area contributed by atoms with Crippen molar-refractivity contribution in [1.82, 2.24) is 10.2 Å². The summed E-state index contributed by atoms with van der Waals surface area (Å²) >= 11 is 3.18. The number of amides is 3. The molecule has 4 nitrogen and oxygen atoms in total. The van der Waals surface area contributed by atoms with E-state index in [4.69, 9.17) is 0 Å². The Kier molecular flexibility index (Phi) is 3.93. The number of urea groups is 1. The van der Waals surface area contributed by atoms with Gasteiger partial charge in [0.05, 0.1) is 6.54 Å². The molecule has 0 bridgehead atoms. The molecule has 1 N–H and O–H groups in total. The molecule has 1 atom stereocenters. The zero-order chi connectivity index (χ0) is 16.6. The zero-order valence-electron chi connectivity index (χ0n) is 12.3. The average Bonchev–Trinajstić information content (AvgIpc) is 2.75. The number of rotatable bonds is 3. The minimum Gasteiger partial charge on any atom is -0.319 e. The zero-order valence-corrected chi connectivity index (χ0v) is 13.9. The van der Waals surface area contributed by atoms with Crippen LogP contribution in [0, 0.1) is 5.82 Å². The Bertz CT molecular complexity index is 781. The van der Waals surface area contributed by atoms with Crippen LogP contribution in [0.3, 0.4) is 0 Å². The van der Waals surface area contributed by atoms with E-state index in [2.05, 4.69) is 21.2 Å². The minimum atomic E-state index is -1.13. The van der Waals surface area contributed by atoms with Crippen LogP contribution in [0.4, 0.5) is 9.18 Å². The molecule has 0 aromatic heterocycles. The van der Waals surface area contributed by atoms with E-state index in [9.17, 15) is 14.0 Å². The number of halogens is 2. The van der Waals surface area contributed by atoms with Crippen LogP contribution in [0.1, 0.15) is 18.1 Å². The van der Waals surface area contributed by atoms with E-state index in [1.807, 2.05) is 6.07 Å². The van der Waals surface area contributed by atoms with Crippen LogP contribution in [-0.2, 0) is 16.9 Å². The van der Waals surface area contributed by atoms with E-state index in [-0.39, 0.29) is 12.1 Å². The van der Waals surface area contributed by atoms with E-state index in [0.29, 0.717) is 10.0 Å². The summed E-state index contributed by atoms with van der Waals surface area (Å²) in [6.07, 6.45) is 0. The van der Waals surface area contributed by atoms with Crippen LogP contribution >= 0.6 is 15.9 Å². The van der Waals surface area contributed by atoms with Crippen molar-refractivity contribution in [2.45, 2.75) is 19.0 Å². The van der Waals surface area contributed by atoms with E-state index in [0.717, 1.165) is 4.90 Å². The van der Waals surface area contributed by atoms with Gasteiger partial charge < -0.3 is 5.32 Å². The number of imide groups is 1. The van der Waals surface area contributed by atoms with Crippen molar-refractivity contribution in [1.29, 1.82) is 0 Å². The van der Waals surface area contributed by atoms with Crippen molar-refractivity contribution in [2.24, 2.45) is 0 Å². The first-order valence-corrected chi connectivity index (χ1v) is 7.84. The molecule has 3 rings (SSSR count). The molecule has 23 heavy (non-hydrogen) atoms. The highest BCUT2D eigenvalue weighted by atomic mass is 79.9. The fraction of sp³-hybridized carbons (Fsp3) is 0.176. The van der Waals surface area contributed by atoms with Crippen LogP contribution in [0.2, 0.25) is 0 Å². The first kappa shape index (κ1) is 15.7. The third-order valence-corrected chi connectivity index (χ3v) is 4.46. The molecule has 0 radical (unpaired) electrons. The molecule has 1 saturated heterocycles. The molecule has 1 heterocycles. The number of hydrogen-bond acceptors (Lipinski definition) is 2. The molecular weight excluding hydrogens is 363 g/mol. The monoisotopic (exact) mass is 376 g/mol. The lowest BCUT2D eigenvalue weighted by atomic mass is 9.92. The average molecular weight is 377 g/mol. The lowest BCUT2D eigenvalue weighted by Crippen LogP contribution is -2.40. The first-order valence-electron chi connectivity index (χ1n) is 7.05. The number of carbonyl (C=O) groups excluding carboxylic acids is 2. The predicted octanol–water partition coefficient (Wildman–Crippen LogP) is 3.56. The van der Waals surface area contributed by atoms with Gasteiger partial charge in [-0.2, -0.15) is 0 Å². The maximum absolute atomic E-state index is 14.0. The summed E-state index contributed by atoms with van der Waals surface area (Å²) in [5.41, 5.74) is -0.157. The summed E-state index contributed by atoms with van der Waals surface area (Å²) in [7, 11) is 0. The fourth-order valence-corrected chi connectivity index (χ4v) is 2.96. The summed E-state index contributed by atoms with van der Waals surface area (Å²) < 4.78 is 14.6. The Labute approximate surface area is 141 Å². The molecule has 2 aromatic carbocycles. The molecule has 6 heteroatoms. The van der Waals surface area contributed by atoms with Gasteiger partial charge in [-0.25, -0.2) is 9.18 Å². The van der Waals surface area contributed by atoms with Gasteiger partial charge in [0, 0.05) is 10.0 Å². The van der Waals surface area contributed by atoms with Gasteiger partial charge in [-0.05, 0) is 24.6 Å². The normalized spacial score (nSPS) is 20.7. The minimum absolute atomic E-state index is 0.105. The summed E-state index contributed by atoms with van der Waals surface area (Å²) in [6.45, 7) is 1.55. The van der Waals surface area contributed by atoms with Crippen molar-refractivity contribution in [3.05, 3.63) is 69.9 Å². The predicted molar refractivity (Wildman–Crippen MR) is 87.0 cm³/mol. The van der Waals surface area contributed by atoms with Crippen LogP contribution in [-0.4, -0.2) is 16.8 Å². The number of nitrogens with zero attached hydrogens (tertiary/aromatic N) is 1. The summed E-state index contributed by atoms with van der Waals surface area (Å²) in [5.74, 6) is -0.857. The topological polar surface area (TPSA) is 49.4 Å². The van der Waals surface area contributed by atoms with Crippen LogP contribution < -0.4 is 5.32 Å². The van der Waals surface area contributed by atoms with Gasteiger partial charge in [-0.1, -0.05) is 52.3 Å². The van der Waals surface area contributed by atoms with Crippen molar-refractivity contribution in [3.8, 4) is 0 Å². The lowest BCUT2D eigenvalue weighted by Gasteiger charge is -2.22. The molecule has 1 aliphatic rings. The third-order valence-electron chi connectivity index (χ3n) is 3.97. The SMILES string of the molecule is C[C@@]1(c2ccccc2)NC(=O)N(Cc2ccc(Br)cc2F)C1=O. The largest absolute Gasteiger partial charge is 0.325 e. The number of hydrogen-bond donors (Lipinski definition) is 1. The van der Waals surface area contributed by atoms with Crippen LogP contribution in [0.15, 0.2) is 53.0 Å². The summed E-state index contributed by atoms with van der Waals surface area (Å²) in [6, 6.07) is 13.0. The van der Waals surface area contributed by atoms with Gasteiger partial charge in [0.25, 0.3) is 5.91 Å². The van der Waals surface area contributed by atoms with Crippen LogP contribution in [0.5, 0.6) is 0 Å². The maximum atomic E-state index is 14.0. The molecule has 0 aliphatic carbocycles. The summed E-state index contributed by atoms with van der Waals surface area (Å²) in [4.78, 5) is 26.0. The van der Waals surface area contributed by atoms with E-state index in [1.165, 1.54) is 6.07 Å². The van der Waals surface area contributed by atoms with Crippen molar-refractivity contribution in [2.75, 3.05) is 0 Å². The highest BCUT2D eigenvalue weighted by Gasteiger charge is 2.48. The Morgan fingerprint density at radius 3 is 2.52 bits per heavy atom. The van der Waals surface area contributed by atoms with Gasteiger partial charge in [-0.3, -0.25) is 9.69 Å². The summed E-state index contributed by atoms with van der Waals surface area (Å²) in [5, 5.41) is 2.70. The molecule has 1 fully saturated rings.